The standard InChI is InChI=1S/C15H20O3/c16-13(11-7-3-1-4-8-11)15(18)14(17)12-9-5-2-6-10-12/h1,3-4,7-8,12,14-15,17-18H,2,5-6,9-10H2/t14-,15+/m1/s1. The molecule has 1 aromatic rings. The van der Waals surface area contributed by atoms with Crippen molar-refractivity contribution in [1.82, 2.24) is 0 Å². The van der Waals surface area contributed by atoms with Crippen molar-refractivity contribution < 1.29 is 15.0 Å². The fourth-order valence-corrected chi connectivity index (χ4v) is 2.66. The van der Waals surface area contributed by atoms with Crippen molar-refractivity contribution in [2.45, 2.75) is 44.3 Å². The zero-order valence-corrected chi connectivity index (χ0v) is 10.5. The van der Waals surface area contributed by atoms with Gasteiger partial charge in [-0.2, -0.15) is 0 Å². The quantitative estimate of drug-likeness (QED) is 0.803. The number of rotatable bonds is 4. The van der Waals surface area contributed by atoms with Gasteiger partial charge in [-0.05, 0) is 18.8 Å². The lowest BCUT2D eigenvalue weighted by atomic mass is 9.82. The van der Waals surface area contributed by atoms with Crippen molar-refractivity contribution in [3.05, 3.63) is 35.9 Å². The minimum atomic E-state index is -1.30. The molecule has 1 aromatic carbocycles. The van der Waals surface area contributed by atoms with Crippen LogP contribution in [0, 0.1) is 5.92 Å². The summed E-state index contributed by atoms with van der Waals surface area (Å²) in [5, 5.41) is 20.1. The van der Waals surface area contributed by atoms with Gasteiger partial charge in [-0.1, -0.05) is 49.6 Å². The average Bonchev–Trinajstić information content (AvgIpc) is 2.47. The van der Waals surface area contributed by atoms with E-state index in [0.717, 1.165) is 25.7 Å². The van der Waals surface area contributed by atoms with Gasteiger partial charge in [-0.15, -0.1) is 0 Å². The number of carbonyl (C=O) groups excluding carboxylic acids is 1. The summed E-state index contributed by atoms with van der Waals surface area (Å²) >= 11 is 0. The van der Waals surface area contributed by atoms with Gasteiger partial charge in [-0.3, -0.25) is 4.79 Å². The van der Waals surface area contributed by atoms with Crippen LogP contribution in [0.4, 0.5) is 0 Å². The Hall–Kier alpha value is -1.19. The van der Waals surface area contributed by atoms with Gasteiger partial charge in [0.15, 0.2) is 5.78 Å². The van der Waals surface area contributed by atoms with Crippen molar-refractivity contribution in [2.75, 3.05) is 0 Å². The van der Waals surface area contributed by atoms with Crippen LogP contribution in [-0.2, 0) is 0 Å². The first-order chi connectivity index (χ1) is 8.70. The fourth-order valence-electron chi connectivity index (χ4n) is 2.66. The Bertz CT molecular complexity index is 382. The van der Waals surface area contributed by atoms with Crippen LogP contribution in [-0.4, -0.2) is 28.2 Å². The Morgan fingerprint density at radius 1 is 1.06 bits per heavy atom. The lowest BCUT2D eigenvalue weighted by Crippen LogP contribution is -2.40. The molecule has 0 aromatic heterocycles. The van der Waals surface area contributed by atoms with Crippen molar-refractivity contribution >= 4 is 5.78 Å². The number of aliphatic hydroxyl groups is 2. The predicted molar refractivity (Wildman–Crippen MR) is 69.4 cm³/mol. The van der Waals surface area contributed by atoms with E-state index in [1.807, 2.05) is 6.07 Å². The van der Waals surface area contributed by atoms with E-state index in [-0.39, 0.29) is 11.7 Å². The smallest absolute Gasteiger partial charge is 0.193 e. The highest BCUT2D eigenvalue weighted by Gasteiger charge is 2.32. The first kappa shape index (κ1) is 13.2. The van der Waals surface area contributed by atoms with Crippen LogP contribution in [0.15, 0.2) is 30.3 Å². The van der Waals surface area contributed by atoms with Gasteiger partial charge in [0, 0.05) is 5.56 Å². The second-order valence-electron chi connectivity index (χ2n) is 5.06. The van der Waals surface area contributed by atoms with Crippen LogP contribution in [0.2, 0.25) is 0 Å². The summed E-state index contributed by atoms with van der Waals surface area (Å²) in [6, 6.07) is 8.67. The molecule has 0 bridgehead atoms. The third-order valence-electron chi connectivity index (χ3n) is 3.78. The number of carbonyl (C=O) groups is 1. The van der Waals surface area contributed by atoms with E-state index >= 15 is 0 Å². The Morgan fingerprint density at radius 2 is 1.67 bits per heavy atom. The zero-order chi connectivity index (χ0) is 13.0. The summed E-state index contributed by atoms with van der Waals surface area (Å²) in [4.78, 5) is 12.0. The Morgan fingerprint density at radius 3 is 2.28 bits per heavy atom. The lowest BCUT2D eigenvalue weighted by molar-refractivity contribution is -0.0157. The zero-order valence-electron chi connectivity index (χ0n) is 10.5. The maximum atomic E-state index is 12.0. The molecule has 0 radical (unpaired) electrons. The molecule has 1 aliphatic carbocycles. The van der Waals surface area contributed by atoms with Crippen LogP contribution >= 0.6 is 0 Å². The average molecular weight is 248 g/mol. The largest absolute Gasteiger partial charge is 0.390 e. The van der Waals surface area contributed by atoms with Gasteiger partial charge in [0.1, 0.15) is 6.10 Å². The molecule has 0 saturated heterocycles. The van der Waals surface area contributed by atoms with E-state index in [1.54, 1.807) is 24.3 Å². The molecule has 0 spiro atoms. The molecule has 2 N–H and O–H groups in total. The number of hydrogen-bond donors (Lipinski definition) is 2. The number of Topliss-reactive ketones (excluding diaryl/α,β-unsaturated/α-hetero) is 1. The molecular formula is C15H20O3. The minimum absolute atomic E-state index is 0.0569. The maximum Gasteiger partial charge on any atom is 0.193 e. The minimum Gasteiger partial charge on any atom is -0.390 e. The molecule has 98 valence electrons. The number of hydrogen-bond acceptors (Lipinski definition) is 3. The summed E-state index contributed by atoms with van der Waals surface area (Å²) < 4.78 is 0. The molecule has 1 fully saturated rings. The molecule has 2 rings (SSSR count). The van der Waals surface area contributed by atoms with E-state index in [4.69, 9.17) is 0 Å². The normalized spacial score (nSPS) is 20.3. The van der Waals surface area contributed by atoms with Gasteiger partial charge >= 0.3 is 0 Å². The SMILES string of the molecule is O=C(c1ccccc1)[C@H](O)[C@H](O)C1CCCCC1. The molecule has 1 aliphatic rings. The Labute approximate surface area is 107 Å². The van der Waals surface area contributed by atoms with E-state index in [2.05, 4.69) is 0 Å². The van der Waals surface area contributed by atoms with Crippen LogP contribution in [0.1, 0.15) is 42.5 Å². The van der Waals surface area contributed by atoms with Gasteiger partial charge in [0.05, 0.1) is 6.10 Å². The monoisotopic (exact) mass is 248 g/mol. The second kappa shape index (κ2) is 6.12. The molecule has 0 amide bonds. The molecule has 3 heteroatoms. The fraction of sp³-hybridized carbons (Fsp3) is 0.533. The highest BCUT2D eigenvalue weighted by molar-refractivity contribution is 5.99. The highest BCUT2D eigenvalue weighted by atomic mass is 16.3. The molecule has 1 saturated carbocycles. The van der Waals surface area contributed by atoms with Gasteiger partial charge in [-0.25, -0.2) is 0 Å². The number of aliphatic hydroxyl groups excluding tert-OH is 2. The summed E-state index contributed by atoms with van der Waals surface area (Å²) in [5.74, 6) is -0.324. The predicted octanol–water partition coefficient (Wildman–Crippen LogP) is 2.17. The number of ketones is 1. The van der Waals surface area contributed by atoms with Crippen LogP contribution in [0.3, 0.4) is 0 Å². The van der Waals surface area contributed by atoms with Crippen molar-refractivity contribution in [3.8, 4) is 0 Å². The van der Waals surface area contributed by atoms with Crippen LogP contribution in [0.25, 0.3) is 0 Å². The summed E-state index contributed by atoms with van der Waals surface area (Å²) in [6.07, 6.45) is 2.92. The van der Waals surface area contributed by atoms with Crippen LogP contribution < -0.4 is 0 Å². The van der Waals surface area contributed by atoms with Gasteiger partial charge < -0.3 is 10.2 Å². The summed E-state index contributed by atoms with van der Waals surface area (Å²) in [5.41, 5.74) is 0.458. The highest BCUT2D eigenvalue weighted by Crippen LogP contribution is 2.28. The third-order valence-corrected chi connectivity index (χ3v) is 3.78. The molecule has 3 nitrogen and oxygen atoms in total. The van der Waals surface area contributed by atoms with Crippen LogP contribution in [0.5, 0.6) is 0 Å². The topological polar surface area (TPSA) is 57.5 Å². The van der Waals surface area contributed by atoms with E-state index in [9.17, 15) is 15.0 Å². The van der Waals surface area contributed by atoms with Gasteiger partial charge in [0.25, 0.3) is 0 Å². The van der Waals surface area contributed by atoms with Crippen molar-refractivity contribution in [2.24, 2.45) is 5.92 Å². The molecule has 18 heavy (non-hydrogen) atoms. The Balaban J connectivity index is 2.01. The first-order valence-corrected chi connectivity index (χ1v) is 6.65. The second-order valence-corrected chi connectivity index (χ2v) is 5.06. The van der Waals surface area contributed by atoms with E-state index in [0.29, 0.717) is 5.56 Å². The third kappa shape index (κ3) is 2.98. The first-order valence-electron chi connectivity index (χ1n) is 6.65. The summed E-state index contributed by atoms with van der Waals surface area (Å²) in [6.45, 7) is 0. The summed E-state index contributed by atoms with van der Waals surface area (Å²) in [7, 11) is 0. The molecule has 0 aliphatic heterocycles. The molecule has 0 unspecified atom stereocenters. The molecular weight excluding hydrogens is 228 g/mol. The number of benzene rings is 1. The maximum absolute atomic E-state index is 12.0. The molecule has 0 heterocycles. The Kier molecular flexibility index (Phi) is 4.50. The molecule has 2 atom stereocenters. The van der Waals surface area contributed by atoms with Crippen molar-refractivity contribution in [3.63, 3.8) is 0 Å². The lowest BCUT2D eigenvalue weighted by Gasteiger charge is -2.29. The van der Waals surface area contributed by atoms with Gasteiger partial charge in [0.2, 0.25) is 0 Å². The van der Waals surface area contributed by atoms with E-state index in [1.165, 1.54) is 6.42 Å². The van der Waals surface area contributed by atoms with E-state index < -0.39 is 12.2 Å². The van der Waals surface area contributed by atoms with Crippen molar-refractivity contribution in [1.29, 1.82) is 0 Å².